The van der Waals surface area contributed by atoms with E-state index in [-0.39, 0.29) is 6.42 Å². The maximum Gasteiger partial charge on any atom is 0.306 e. The molecule has 9 heteroatoms. The van der Waals surface area contributed by atoms with Gasteiger partial charge >= 0.3 is 5.69 Å². The molecule has 1 atom stereocenters. The SMILES string of the molecule is CC(CC#N)NS(=O)(=O)c1ccc(F)c([N+](=O)[O-])c1. The Bertz CT molecular complexity index is 639. The number of nitro groups is 1. The van der Waals surface area contributed by atoms with E-state index in [4.69, 9.17) is 5.26 Å². The van der Waals surface area contributed by atoms with Gasteiger partial charge in [0, 0.05) is 12.1 Å². The average Bonchev–Trinajstić information content (AvgIpc) is 2.28. The summed E-state index contributed by atoms with van der Waals surface area (Å²) >= 11 is 0. The van der Waals surface area contributed by atoms with Crippen LogP contribution in [0, 0.1) is 27.3 Å². The molecule has 0 radical (unpaired) electrons. The Labute approximate surface area is 108 Å². The molecule has 0 amide bonds. The van der Waals surface area contributed by atoms with Gasteiger partial charge in [-0.15, -0.1) is 0 Å². The molecule has 0 bridgehead atoms. The van der Waals surface area contributed by atoms with Gasteiger partial charge < -0.3 is 0 Å². The van der Waals surface area contributed by atoms with Crippen LogP contribution in [0.15, 0.2) is 23.1 Å². The molecule has 0 saturated heterocycles. The van der Waals surface area contributed by atoms with Crippen LogP contribution in [0.4, 0.5) is 10.1 Å². The van der Waals surface area contributed by atoms with Crippen molar-refractivity contribution < 1.29 is 17.7 Å². The maximum absolute atomic E-state index is 13.1. The summed E-state index contributed by atoms with van der Waals surface area (Å²) in [5.41, 5.74) is -0.921. The van der Waals surface area contributed by atoms with E-state index in [1.165, 1.54) is 6.92 Å². The number of nitrogens with zero attached hydrogens (tertiary/aromatic N) is 2. The summed E-state index contributed by atoms with van der Waals surface area (Å²) in [7, 11) is -4.03. The smallest absolute Gasteiger partial charge is 0.258 e. The van der Waals surface area contributed by atoms with E-state index < -0.39 is 37.4 Å². The molecule has 1 unspecified atom stereocenters. The van der Waals surface area contributed by atoms with E-state index in [9.17, 15) is 22.9 Å². The first-order valence-corrected chi connectivity index (χ1v) is 6.59. The van der Waals surface area contributed by atoms with Gasteiger partial charge in [0.25, 0.3) is 0 Å². The Morgan fingerprint density at radius 3 is 2.74 bits per heavy atom. The zero-order chi connectivity index (χ0) is 14.6. The van der Waals surface area contributed by atoms with Gasteiger partial charge in [0.2, 0.25) is 15.8 Å². The van der Waals surface area contributed by atoms with Crippen LogP contribution in [-0.4, -0.2) is 19.4 Å². The van der Waals surface area contributed by atoms with Crippen LogP contribution < -0.4 is 4.72 Å². The van der Waals surface area contributed by atoms with E-state index in [0.29, 0.717) is 12.1 Å². The number of nitro benzene ring substituents is 1. The van der Waals surface area contributed by atoms with E-state index in [1.54, 1.807) is 6.07 Å². The highest BCUT2D eigenvalue weighted by Crippen LogP contribution is 2.21. The van der Waals surface area contributed by atoms with Crippen molar-refractivity contribution >= 4 is 15.7 Å². The van der Waals surface area contributed by atoms with Gasteiger partial charge in [0.05, 0.1) is 22.3 Å². The van der Waals surface area contributed by atoms with Gasteiger partial charge in [-0.1, -0.05) is 0 Å². The topological polar surface area (TPSA) is 113 Å². The fraction of sp³-hybridized carbons (Fsp3) is 0.300. The number of rotatable bonds is 5. The van der Waals surface area contributed by atoms with Gasteiger partial charge in [-0.25, -0.2) is 13.1 Å². The molecule has 19 heavy (non-hydrogen) atoms. The van der Waals surface area contributed by atoms with Crippen molar-refractivity contribution in [1.29, 1.82) is 5.26 Å². The van der Waals surface area contributed by atoms with Gasteiger partial charge in [0.1, 0.15) is 0 Å². The van der Waals surface area contributed by atoms with E-state index in [1.807, 2.05) is 0 Å². The molecule has 1 rings (SSSR count). The highest BCUT2D eigenvalue weighted by atomic mass is 32.2. The predicted octanol–water partition coefficient (Wildman–Crippen LogP) is 1.31. The normalized spacial score (nSPS) is 12.7. The third-order valence-corrected chi connectivity index (χ3v) is 3.77. The average molecular weight is 287 g/mol. The first kappa shape index (κ1) is 15.0. The Kier molecular flexibility index (Phi) is 4.52. The molecule has 0 aliphatic carbocycles. The van der Waals surface area contributed by atoms with Gasteiger partial charge in [0.15, 0.2) is 0 Å². The molecule has 0 aromatic heterocycles. The first-order valence-electron chi connectivity index (χ1n) is 5.11. The molecule has 0 saturated carbocycles. The minimum atomic E-state index is -4.03. The van der Waals surface area contributed by atoms with Crippen LogP contribution in [0.1, 0.15) is 13.3 Å². The fourth-order valence-electron chi connectivity index (χ4n) is 1.31. The Hall–Kier alpha value is -2.05. The monoisotopic (exact) mass is 287 g/mol. The molecular weight excluding hydrogens is 277 g/mol. The lowest BCUT2D eigenvalue weighted by molar-refractivity contribution is -0.387. The van der Waals surface area contributed by atoms with Crippen molar-refractivity contribution in [2.24, 2.45) is 0 Å². The second-order valence-corrected chi connectivity index (χ2v) is 5.47. The van der Waals surface area contributed by atoms with Crippen molar-refractivity contribution in [3.05, 3.63) is 34.1 Å². The lowest BCUT2D eigenvalue weighted by Gasteiger charge is -2.10. The lowest BCUT2D eigenvalue weighted by atomic mass is 10.3. The first-order chi connectivity index (χ1) is 8.77. The van der Waals surface area contributed by atoms with Gasteiger partial charge in [-0.05, 0) is 19.1 Å². The molecule has 0 spiro atoms. The standard InChI is InChI=1S/C10H10FN3O4S/c1-7(4-5-12)13-19(17,18)8-2-3-9(11)10(6-8)14(15)16/h2-3,6-7,13H,4H2,1H3. The fourth-order valence-corrected chi connectivity index (χ4v) is 2.57. The molecule has 0 aliphatic rings. The zero-order valence-electron chi connectivity index (χ0n) is 9.83. The summed E-state index contributed by atoms with van der Waals surface area (Å²) in [6, 6.07) is 3.40. The highest BCUT2D eigenvalue weighted by Gasteiger charge is 2.22. The molecule has 0 fully saturated rings. The second kappa shape index (κ2) is 5.73. The molecule has 102 valence electrons. The largest absolute Gasteiger partial charge is 0.306 e. The van der Waals surface area contributed by atoms with Crippen molar-refractivity contribution in [2.45, 2.75) is 24.3 Å². The molecule has 0 heterocycles. The summed E-state index contributed by atoms with van der Waals surface area (Å²) in [6.07, 6.45) is -0.0531. The van der Waals surface area contributed by atoms with Crippen molar-refractivity contribution in [1.82, 2.24) is 4.72 Å². The second-order valence-electron chi connectivity index (χ2n) is 3.75. The number of benzene rings is 1. The van der Waals surface area contributed by atoms with Crippen LogP contribution in [0.2, 0.25) is 0 Å². The van der Waals surface area contributed by atoms with Crippen molar-refractivity contribution in [3.63, 3.8) is 0 Å². The predicted molar refractivity (Wildman–Crippen MR) is 63.1 cm³/mol. The number of hydrogen-bond donors (Lipinski definition) is 1. The van der Waals surface area contributed by atoms with Crippen LogP contribution in [0.25, 0.3) is 0 Å². The van der Waals surface area contributed by atoms with E-state index in [0.717, 1.165) is 6.07 Å². The molecule has 0 aliphatic heterocycles. The summed E-state index contributed by atoms with van der Waals surface area (Å²) in [5.74, 6) is -1.12. The summed E-state index contributed by atoms with van der Waals surface area (Å²) in [4.78, 5) is 9.10. The minimum absolute atomic E-state index is 0.0531. The van der Waals surface area contributed by atoms with Crippen LogP contribution in [-0.2, 0) is 10.0 Å². The van der Waals surface area contributed by atoms with Crippen molar-refractivity contribution in [2.75, 3.05) is 0 Å². The molecular formula is C10H10FN3O4S. The number of nitriles is 1. The summed E-state index contributed by atoms with van der Waals surface area (Å²) in [5, 5.41) is 19.0. The zero-order valence-corrected chi connectivity index (χ0v) is 10.6. The minimum Gasteiger partial charge on any atom is -0.258 e. The quantitative estimate of drug-likeness (QED) is 0.648. The molecule has 1 aromatic carbocycles. The number of halogens is 1. The molecule has 1 aromatic rings. The Morgan fingerprint density at radius 2 is 2.21 bits per heavy atom. The number of sulfonamides is 1. The molecule has 7 nitrogen and oxygen atoms in total. The lowest BCUT2D eigenvalue weighted by Crippen LogP contribution is -2.32. The molecule has 1 N–H and O–H groups in total. The Morgan fingerprint density at radius 1 is 1.58 bits per heavy atom. The number of nitrogens with one attached hydrogen (secondary N) is 1. The van der Waals surface area contributed by atoms with E-state index in [2.05, 4.69) is 4.72 Å². The van der Waals surface area contributed by atoms with Crippen LogP contribution in [0.5, 0.6) is 0 Å². The highest BCUT2D eigenvalue weighted by molar-refractivity contribution is 7.89. The van der Waals surface area contributed by atoms with Crippen molar-refractivity contribution in [3.8, 4) is 6.07 Å². The van der Waals surface area contributed by atoms with E-state index >= 15 is 0 Å². The Balaban J connectivity index is 3.13. The van der Waals surface area contributed by atoms with Gasteiger partial charge in [-0.3, -0.25) is 10.1 Å². The van der Waals surface area contributed by atoms with Gasteiger partial charge in [-0.2, -0.15) is 9.65 Å². The third-order valence-electron chi connectivity index (χ3n) is 2.18. The summed E-state index contributed by atoms with van der Waals surface area (Å²) < 4.78 is 38.9. The van der Waals surface area contributed by atoms with Crippen LogP contribution >= 0.6 is 0 Å². The maximum atomic E-state index is 13.1. The number of hydrogen-bond acceptors (Lipinski definition) is 5. The summed E-state index contributed by atoms with van der Waals surface area (Å²) in [6.45, 7) is 1.47. The third kappa shape index (κ3) is 3.70. The van der Waals surface area contributed by atoms with Crippen LogP contribution in [0.3, 0.4) is 0 Å².